The van der Waals surface area contributed by atoms with Gasteiger partial charge in [-0.1, -0.05) is 37.8 Å². The average molecular weight is 462 g/mol. The highest BCUT2D eigenvalue weighted by molar-refractivity contribution is 6.04. The van der Waals surface area contributed by atoms with E-state index in [1.807, 2.05) is 31.1 Å². The third-order valence-electron chi connectivity index (χ3n) is 6.16. The van der Waals surface area contributed by atoms with Gasteiger partial charge in [0.1, 0.15) is 5.84 Å². The molecule has 3 N–H and O–H groups in total. The molecule has 1 aliphatic heterocycles. The third kappa shape index (κ3) is 6.06. The maximum atomic E-state index is 13.2. The van der Waals surface area contributed by atoms with Gasteiger partial charge in [0.2, 0.25) is 0 Å². The molecule has 0 radical (unpaired) electrons. The van der Waals surface area contributed by atoms with Gasteiger partial charge in [-0.25, -0.2) is 4.99 Å². The summed E-state index contributed by atoms with van der Waals surface area (Å²) in [5.74, 6) is 0.940. The summed E-state index contributed by atoms with van der Waals surface area (Å²) in [6, 6.07) is 14.5. The second kappa shape index (κ2) is 10.6. The van der Waals surface area contributed by atoms with Crippen LogP contribution in [0.15, 0.2) is 53.5 Å². The molecule has 0 spiro atoms. The lowest BCUT2D eigenvalue weighted by molar-refractivity contribution is -0.138. The number of nitrogens with zero attached hydrogens (tertiary/aromatic N) is 2. The summed E-state index contributed by atoms with van der Waals surface area (Å²) >= 11 is 0. The molecule has 180 valence electrons. The highest BCUT2D eigenvalue weighted by Crippen LogP contribution is 2.32. The largest absolute Gasteiger partial charge is 0.416 e. The van der Waals surface area contributed by atoms with Crippen molar-refractivity contribution >= 4 is 11.5 Å². The number of fused-ring (bicyclic) bond motifs is 1. The molecule has 0 bridgehead atoms. The van der Waals surface area contributed by atoms with Gasteiger partial charge in [-0.05, 0) is 49.4 Å². The fraction of sp³-hybridized carbons (Fsp3) is 0.480. The van der Waals surface area contributed by atoms with Crippen LogP contribution in [0.4, 0.5) is 18.9 Å². The minimum absolute atomic E-state index is 0. The van der Waals surface area contributed by atoms with E-state index in [4.69, 9.17) is 4.99 Å². The molecule has 2 aliphatic rings. The predicted octanol–water partition coefficient (Wildman–Crippen LogP) is 5.05. The van der Waals surface area contributed by atoms with Crippen LogP contribution in [0.1, 0.15) is 49.8 Å². The van der Waals surface area contributed by atoms with E-state index in [1.165, 1.54) is 6.07 Å². The van der Waals surface area contributed by atoms with Crippen LogP contribution < -0.4 is 16.0 Å². The van der Waals surface area contributed by atoms with Crippen molar-refractivity contribution in [1.29, 1.82) is 0 Å². The van der Waals surface area contributed by atoms with E-state index in [0.717, 1.165) is 48.8 Å². The molecular formula is C25H34F3N5. The lowest BCUT2D eigenvalue weighted by Gasteiger charge is -2.35. The molecule has 1 saturated carbocycles. The summed E-state index contributed by atoms with van der Waals surface area (Å²) in [5.41, 5.74) is 1.89. The maximum absolute atomic E-state index is 13.2. The minimum atomic E-state index is -4.32. The van der Waals surface area contributed by atoms with E-state index >= 15 is 0 Å². The Hall–Kier alpha value is -2.58. The predicted molar refractivity (Wildman–Crippen MR) is 128 cm³/mol. The molecule has 1 aliphatic carbocycles. The third-order valence-corrected chi connectivity index (χ3v) is 6.16. The number of amidine groups is 1. The van der Waals surface area contributed by atoms with Gasteiger partial charge in [-0.3, -0.25) is 5.32 Å². The summed E-state index contributed by atoms with van der Waals surface area (Å²) < 4.78 is 39.6. The highest BCUT2D eigenvalue weighted by atomic mass is 19.4. The van der Waals surface area contributed by atoms with Crippen molar-refractivity contribution in [3.05, 3.63) is 65.2 Å². The Labute approximate surface area is 194 Å². The summed E-state index contributed by atoms with van der Waals surface area (Å²) in [6.07, 6.45) is -0.789. The normalized spacial score (nSPS) is 22.5. The van der Waals surface area contributed by atoms with Crippen LogP contribution in [-0.2, 0) is 12.7 Å². The molecule has 0 amide bonds. The number of anilines is 1. The Morgan fingerprint density at radius 2 is 1.61 bits per heavy atom. The van der Waals surface area contributed by atoms with Crippen molar-refractivity contribution in [2.24, 2.45) is 4.99 Å². The zero-order valence-corrected chi connectivity index (χ0v) is 18.4. The highest BCUT2D eigenvalue weighted by Gasteiger charge is 2.33. The molecule has 1 unspecified atom stereocenters. The molecule has 33 heavy (non-hydrogen) atoms. The summed E-state index contributed by atoms with van der Waals surface area (Å²) in [4.78, 5) is 6.86. The van der Waals surface area contributed by atoms with Crippen LogP contribution in [0.3, 0.4) is 0 Å². The van der Waals surface area contributed by atoms with E-state index in [0.29, 0.717) is 11.6 Å². The average Bonchev–Trinajstić information content (AvgIpc) is 2.77. The van der Waals surface area contributed by atoms with Crippen LogP contribution in [0, 0.1) is 0 Å². The quantitative estimate of drug-likeness (QED) is 0.583. The summed E-state index contributed by atoms with van der Waals surface area (Å²) in [7, 11) is 3.98. The number of nitrogens with one attached hydrogen (secondary N) is 3. The number of rotatable bonds is 5. The molecule has 4 rings (SSSR count). The van der Waals surface area contributed by atoms with Crippen LogP contribution in [-0.4, -0.2) is 43.2 Å². The second-order valence-corrected chi connectivity index (χ2v) is 8.69. The van der Waals surface area contributed by atoms with Crippen LogP contribution in [0.2, 0.25) is 0 Å². The van der Waals surface area contributed by atoms with Crippen LogP contribution in [0.25, 0.3) is 0 Å². The van der Waals surface area contributed by atoms with Crippen LogP contribution >= 0.6 is 0 Å². The molecule has 1 heterocycles. The molecule has 1 atom stereocenters. The Bertz CT molecular complexity index is 949. The Balaban J connectivity index is 0.00000306. The number of para-hydroxylation sites is 1. The minimum Gasteiger partial charge on any atom is -0.362 e. The van der Waals surface area contributed by atoms with Crippen molar-refractivity contribution in [2.75, 3.05) is 19.4 Å². The van der Waals surface area contributed by atoms with Crippen LogP contribution in [0.5, 0.6) is 0 Å². The van der Waals surface area contributed by atoms with Gasteiger partial charge < -0.3 is 15.5 Å². The number of hydrogen-bond donors (Lipinski definition) is 3. The van der Waals surface area contributed by atoms with Gasteiger partial charge in [0.15, 0.2) is 6.29 Å². The Morgan fingerprint density at radius 1 is 0.970 bits per heavy atom. The molecule has 1 fully saturated rings. The van der Waals surface area contributed by atoms with Crippen molar-refractivity contribution in [1.82, 2.24) is 15.5 Å². The number of hydrogen-bond acceptors (Lipinski definition) is 5. The fourth-order valence-corrected chi connectivity index (χ4v) is 4.50. The number of halogens is 3. The van der Waals surface area contributed by atoms with E-state index in [1.54, 1.807) is 12.1 Å². The molecule has 5 nitrogen and oxygen atoms in total. The molecule has 0 saturated heterocycles. The van der Waals surface area contributed by atoms with Gasteiger partial charge in [0, 0.05) is 44.0 Å². The van der Waals surface area contributed by atoms with Crippen molar-refractivity contribution in [3.63, 3.8) is 0 Å². The lowest BCUT2D eigenvalue weighted by atomic mass is 9.91. The Morgan fingerprint density at radius 3 is 2.30 bits per heavy atom. The van der Waals surface area contributed by atoms with Crippen molar-refractivity contribution in [2.45, 2.75) is 64.2 Å². The first-order valence-corrected chi connectivity index (χ1v) is 11.1. The molecule has 2 aromatic carbocycles. The van der Waals surface area contributed by atoms with Gasteiger partial charge >= 0.3 is 6.18 Å². The van der Waals surface area contributed by atoms with Crippen molar-refractivity contribution < 1.29 is 13.2 Å². The zero-order chi connectivity index (χ0) is 22.7. The van der Waals surface area contributed by atoms with E-state index in [9.17, 15) is 13.2 Å². The topological polar surface area (TPSA) is 51.7 Å². The summed E-state index contributed by atoms with van der Waals surface area (Å²) in [6.45, 7) is 0.232. The number of aliphatic imine (C=N–C) groups is 1. The van der Waals surface area contributed by atoms with Gasteiger partial charge in [0.05, 0.1) is 5.56 Å². The number of benzene rings is 2. The fourth-order valence-electron chi connectivity index (χ4n) is 4.50. The SMILES string of the molecule is C.CN(C)C1=NC(NC2CCC(NCc3ccccc3C(F)(F)F)CC2)Nc2ccccc21. The molecule has 0 aromatic heterocycles. The molecular weight excluding hydrogens is 427 g/mol. The number of alkyl halides is 3. The first-order valence-electron chi connectivity index (χ1n) is 11.1. The molecule has 2 aromatic rings. The first kappa shape index (κ1) is 25.1. The van der Waals surface area contributed by atoms with E-state index in [-0.39, 0.29) is 26.3 Å². The van der Waals surface area contributed by atoms with E-state index < -0.39 is 11.7 Å². The van der Waals surface area contributed by atoms with Gasteiger partial charge in [-0.15, -0.1) is 0 Å². The standard InChI is InChI=1S/C24H30F3N5.CH4/c1-32(2)22-19-8-4-6-10-21(19)30-23(31-22)29-18-13-11-17(12-14-18)28-15-16-7-3-5-9-20(16)24(25,26)27;/h3-10,17-18,23,28-30H,11-15H2,1-2H3;1H4. The Kier molecular flexibility index (Phi) is 8.02. The smallest absolute Gasteiger partial charge is 0.362 e. The van der Waals surface area contributed by atoms with Gasteiger partial charge in [-0.2, -0.15) is 13.2 Å². The lowest BCUT2D eigenvalue weighted by Crippen LogP contribution is -2.48. The monoisotopic (exact) mass is 461 g/mol. The first-order chi connectivity index (χ1) is 15.3. The van der Waals surface area contributed by atoms with Crippen molar-refractivity contribution in [3.8, 4) is 0 Å². The molecule has 8 heteroatoms. The zero-order valence-electron chi connectivity index (χ0n) is 18.4. The second-order valence-electron chi connectivity index (χ2n) is 8.69. The maximum Gasteiger partial charge on any atom is 0.416 e. The van der Waals surface area contributed by atoms with E-state index in [2.05, 4.69) is 28.1 Å². The van der Waals surface area contributed by atoms with Gasteiger partial charge in [0.25, 0.3) is 0 Å². The summed E-state index contributed by atoms with van der Waals surface area (Å²) in [5, 5.41) is 10.4.